The van der Waals surface area contributed by atoms with Gasteiger partial charge in [0.25, 0.3) is 0 Å². The summed E-state index contributed by atoms with van der Waals surface area (Å²) in [6, 6.07) is -2.21. The van der Waals surface area contributed by atoms with E-state index in [4.69, 9.17) is 9.96 Å². The molecule has 1 saturated carbocycles. The Kier molecular flexibility index (Phi) is 4.22. The Bertz CT molecular complexity index is 761. The van der Waals surface area contributed by atoms with Crippen LogP contribution >= 0.6 is 0 Å². The van der Waals surface area contributed by atoms with E-state index in [0.29, 0.717) is 24.3 Å². The molecule has 3 N–H and O–H groups in total. The first-order valence-corrected chi connectivity index (χ1v) is 10.4. The van der Waals surface area contributed by atoms with Gasteiger partial charge in [-0.3, -0.25) is 14.7 Å². The summed E-state index contributed by atoms with van der Waals surface area (Å²) in [6.45, 7) is 0.0898. The van der Waals surface area contributed by atoms with Crippen molar-refractivity contribution in [1.29, 1.82) is 5.41 Å². The molecule has 2 heterocycles. The highest BCUT2D eigenvalue weighted by Gasteiger charge is 2.49. The zero-order chi connectivity index (χ0) is 17.7. The van der Waals surface area contributed by atoms with Crippen LogP contribution < -0.4 is 4.72 Å². The van der Waals surface area contributed by atoms with Crippen LogP contribution in [0.3, 0.4) is 0 Å². The molecular weight excluding hydrogens is 364 g/mol. The molecule has 11 nitrogen and oxygen atoms in total. The van der Waals surface area contributed by atoms with Crippen molar-refractivity contribution in [2.45, 2.75) is 49.4 Å². The number of carbonyl (C=O) groups excluding carboxylic acids is 1. The van der Waals surface area contributed by atoms with Gasteiger partial charge in [0.15, 0.2) is 0 Å². The Morgan fingerprint density at radius 1 is 1.21 bits per heavy atom. The van der Waals surface area contributed by atoms with Crippen LogP contribution in [-0.4, -0.2) is 67.1 Å². The van der Waals surface area contributed by atoms with E-state index in [2.05, 4.69) is 9.01 Å². The maximum absolute atomic E-state index is 12.2. The monoisotopic (exact) mass is 382 g/mol. The number of piperidine rings is 1. The van der Waals surface area contributed by atoms with Crippen molar-refractivity contribution in [3.63, 3.8) is 0 Å². The Hall–Kier alpha value is -1.44. The van der Waals surface area contributed by atoms with E-state index in [1.165, 1.54) is 4.90 Å². The second-order valence-electron chi connectivity index (χ2n) is 6.12. The average molecular weight is 382 g/mol. The summed E-state index contributed by atoms with van der Waals surface area (Å²) in [5.74, 6) is -0.317. The number of hydrogen-bond donors (Lipinski definition) is 3. The van der Waals surface area contributed by atoms with Crippen LogP contribution in [0.1, 0.15) is 32.1 Å². The number of hydrogen-bond acceptors (Lipinski definition) is 7. The molecule has 2 unspecified atom stereocenters. The molecule has 136 valence electrons. The van der Waals surface area contributed by atoms with E-state index in [1.807, 2.05) is 0 Å². The van der Waals surface area contributed by atoms with Crippen LogP contribution in [0.15, 0.2) is 0 Å². The minimum Gasteiger partial charge on any atom is -0.310 e. The maximum Gasteiger partial charge on any atom is 0.418 e. The molecule has 2 amide bonds. The molecule has 2 bridgehead atoms. The first-order chi connectivity index (χ1) is 11.1. The molecular formula is C11H18N4O7S2. The average Bonchev–Trinajstić information content (AvgIpc) is 2.59. The normalized spacial score (nSPS) is 28.0. The largest absolute Gasteiger partial charge is 0.418 e. The zero-order valence-electron chi connectivity index (χ0n) is 12.6. The van der Waals surface area contributed by atoms with E-state index < -0.39 is 43.8 Å². The van der Waals surface area contributed by atoms with Gasteiger partial charge in [-0.25, -0.2) is 13.2 Å². The number of hydroxylamine groups is 2. The topological polar surface area (TPSA) is 157 Å². The third kappa shape index (κ3) is 3.20. The van der Waals surface area contributed by atoms with E-state index in [9.17, 15) is 21.6 Å². The highest BCUT2D eigenvalue weighted by atomic mass is 32.3. The van der Waals surface area contributed by atoms with Crippen LogP contribution in [-0.2, 0) is 24.7 Å². The molecule has 3 aliphatic rings. The molecule has 0 radical (unpaired) electrons. The van der Waals surface area contributed by atoms with Gasteiger partial charge in [-0.2, -0.15) is 13.5 Å². The summed E-state index contributed by atoms with van der Waals surface area (Å²) in [4.78, 5) is 13.4. The minimum atomic E-state index is -4.84. The van der Waals surface area contributed by atoms with Crippen molar-refractivity contribution in [2.75, 3.05) is 6.54 Å². The number of carbonyl (C=O) groups is 1. The molecule has 1 aliphatic carbocycles. The van der Waals surface area contributed by atoms with Crippen LogP contribution in [0.2, 0.25) is 0 Å². The SMILES string of the molecule is N=C(NS(=O)(=O)C1CCC1)C1CCC2CN1C(=O)N2OS(=O)(=O)O. The van der Waals surface area contributed by atoms with Gasteiger partial charge in [0.05, 0.1) is 17.3 Å². The van der Waals surface area contributed by atoms with Gasteiger partial charge in [0.2, 0.25) is 10.0 Å². The summed E-state index contributed by atoms with van der Waals surface area (Å²) in [5, 5.41) is 8.06. The highest BCUT2D eigenvalue weighted by Crippen LogP contribution is 2.31. The Morgan fingerprint density at radius 3 is 2.42 bits per heavy atom. The molecule has 2 aliphatic heterocycles. The molecule has 3 rings (SSSR count). The van der Waals surface area contributed by atoms with Crippen LogP contribution in [0, 0.1) is 5.41 Å². The Labute approximate surface area is 139 Å². The molecule has 2 atom stereocenters. The Morgan fingerprint density at radius 2 is 1.88 bits per heavy atom. The molecule has 13 heteroatoms. The lowest BCUT2D eigenvalue weighted by Crippen LogP contribution is -2.52. The lowest BCUT2D eigenvalue weighted by molar-refractivity contribution is -0.0316. The van der Waals surface area contributed by atoms with E-state index >= 15 is 0 Å². The van der Waals surface area contributed by atoms with Crippen LogP contribution in [0.25, 0.3) is 0 Å². The summed E-state index contributed by atoms with van der Waals surface area (Å²) < 4.78 is 61.1. The number of amidine groups is 1. The molecule has 0 aromatic carbocycles. The van der Waals surface area contributed by atoms with Crippen molar-refractivity contribution in [3.05, 3.63) is 0 Å². The molecule has 0 aromatic heterocycles. The second-order valence-corrected chi connectivity index (χ2v) is 9.09. The zero-order valence-corrected chi connectivity index (χ0v) is 14.2. The lowest BCUT2D eigenvalue weighted by atomic mass is 10.00. The van der Waals surface area contributed by atoms with Gasteiger partial charge in [0.1, 0.15) is 5.84 Å². The number of rotatable bonds is 5. The maximum atomic E-state index is 12.2. The van der Waals surface area contributed by atoms with Gasteiger partial charge in [-0.05, 0) is 25.7 Å². The minimum absolute atomic E-state index is 0.0898. The molecule has 0 spiro atoms. The second kappa shape index (κ2) is 5.82. The fourth-order valence-corrected chi connectivity index (χ4v) is 5.07. The van der Waals surface area contributed by atoms with E-state index in [1.54, 1.807) is 0 Å². The van der Waals surface area contributed by atoms with Gasteiger partial charge < -0.3 is 4.90 Å². The van der Waals surface area contributed by atoms with Crippen LogP contribution in [0.4, 0.5) is 4.79 Å². The third-order valence-electron chi connectivity index (χ3n) is 4.57. The fourth-order valence-electron chi connectivity index (χ4n) is 3.12. The summed E-state index contributed by atoms with van der Waals surface area (Å²) >= 11 is 0. The van der Waals surface area contributed by atoms with E-state index in [0.717, 1.165) is 6.42 Å². The van der Waals surface area contributed by atoms with Crippen molar-refractivity contribution in [3.8, 4) is 0 Å². The summed E-state index contributed by atoms with van der Waals surface area (Å²) in [5.41, 5.74) is 0. The van der Waals surface area contributed by atoms with Crippen LogP contribution in [0.5, 0.6) is 0 Å². The third-order valence-corrected chi connectivity index (χ3v) is 6.78. The van der Waals surface area contributed by atoms with Crippen molar-refractivity contribution in [1.82, 2.24) is 14.7 Å². The highest BCUT2D eigenvalue weighted by molar-refractivity contribution is 7.90. The number of urea groups is 1. The number of sulfonamides is 1. The quantitative estimate of drug-likeness (QED) is 0.327. The molecule has 0 aromatic rings. The molecule has 3 fully saturated rings. The summed E-state index contributed by atoms with van der Waals surface area (Å²) in [6.07, 6.45) is 2.53. The first-order valence-electron chi connectivity index (χ1n) is 7.45. The van der Waals surface area contributed by atoms with Gasteiger partial charge in [-0.1, -0.05) is 6.42 Å². The van der Waals surface area contributed by atoms with Crippen molar-refractivity contribution >= 4 is 32.3 Å². The van der Waals surface area contributed by atoms with Gasteiger partial charge >= 0.3 is 16.4 Å². The lowest BCUT2D eigenvalue weighted by Gasteiger charge is -2.32. The summed E-state index contributed by atoms with van der Waals surface area (Å²) in [7, 11) is -8.48. The van der Waals surface area contributed by atoms with Gasteiger partial charge in [-0.15, -0.1) is 4.28 Å². The predicted molar refractivity (Wildman–Crippen MR) is 80.8 cm³/mol. The predicted octanol–water partition coefficient (Wildman–Crippen LogP) is -0.561. The number of amides is 2. The number of fused-ring (bicyclic) bond motifs is 2. The molecule has 2 saturated heterocycles. The smallest absolute Gasteiger partial charge is 0.310 e. The fraction of sp³-hybridized carbons (Fsp3) is 0.818. The first kappa shape index (κ1) is 17.4. The molecule has 24 heavy (non-hydrogen) atoms. The van der Waals surface area contributed by atoms with Crippen molar-refractivity contribution < 1.29 is 30.5 Å². The number of nitrogens with zero attached hydrogens (tertiary/aromatic N) is 2. The number of nitrogens with one attached hydrogen (secondary N) is 2. The van der Waals surface area contributed by atoms with E-state index in [-0.39, 0.29) is 18.8 Å². The Balaban J connectivity index is 1.70. The van der Waals surface area contributed by atoms with Gasteiger partial charge in [0, 0.05) is 6.54 Å². The standard InChI is InChI=1S/C11H18N4O7S2/c12-10(13-23(17,18)8-2-1-3-8)9-5-4-7-6-14(9)11(16)15(7)22-24(19,20)21/h7-9H,1-6H2,(H2,12,13)(H,19,20,21). The van der Waals surface area contributed by atoms with Crippen molar-refractivity contribution in [2.24, 2.45) is 0 Å².